The van der Waals surface area contributed by atoms with Crippen molar-refractivity contribution in [3.63, 3.8) is 0 Å². The van der Waals surface area contributed by atoms with Crippen LogP contribution < -0.4 is 5.32 Å². The summed E-state index contributed by atoms with van der Waals surface area (Å²) in [5, 5.41) is 5.71. The highest BCUT2D eigenvalue weighted by molar-refractivity contribution is 7.13. The summed E-state index contributed by atoms with van der Waals surface area (Å²) in [6, 6.07) is 5.57. The zero-order valence-electron chi connectivity index (χ0n) is 13.6. The molecule has 1 N–H and O–H groups in total. The molecular weight excluding hydrogens is 322 g/mol. The predicted octanol–water partition coefficient (Wildman–Crippen LogP) is 2.84. The minimum atomic E-state index is -0.138. The van der Waals surface area contributed by atoms with E-state index in [4.69, 9.17) is 0 Å². The highest BCUT2D eigenvalue weighted by Crippen LogP contribution is 2.21. The number of imidazole rings is 1. The fraction of sp³-hybridized carbons (Fsp3) is 0.294. The van der Waals surface area contributed by atoms with Crippen molar-refractivity contribution in [1.82, 2.24) is 24.8 Å². The molecule has 0 aliphatic heterocycles. The molecule has 0 saturated carbocycles. The normalized spacial score (nSPS) is 12.1. The number of nitrogens with one attached hydrogen (secondary N) is 1. The van der Waals surface area contributed by atoms with E-state index in [9.17, 15) is 4.79 Å². The number of pyridine rings is 1. The van der Waals surface area contributed by atoms with Crippen molar-refractivity contribution in [3.8, 4) is 10.7 Å². The molecule has 1 atom stereocenters. The van der Waals surface area contributed by atoms with Gasteiger partial charge in [-0.15, -0.1) is 11.3 Å². The maximum absolute atomic E-state index is 12.3. The summed E-state index contributed by atoms with van der Waals surface area (Å²) in [5.41, 5.74) is 1.58. The summed E-state index contributed by atoms with van der Waals surface area (Å²) < 4.78 is 2.02. The molecule has 0 bridgehead atoms. The van der Waals surface area contributed by atoms with Crippen LogP contribution in [0.4, 0.5) is 0 Å². The van der Waals surface area contributed by atoms with Crippen molar-refractivity contribution in [2.75, 3.05) is 0 Å². The average Bonchev–Trinajstić information content (AvgIpc) is 3.24. The Morgan fingerprint density at radius 2 is 2.21 bits per heavy atom. The van der Waals surface area contributed by atoms with E-state index >= 15 is 0 Å². The number of thiazole rings is 1. The number of aryl methyl sites for hydroxylation is 1. The van der Waals surface area contributed by atoms with E-state index < -0.39 is 0 Å². The van der Waals surface area contributed by atoms with Crippen molar-refractivity contribution >= 4 is 17.2 Å². The van der Waals surface area contributed by atoms with Gasteiger partial charge in [-0.2, -0.15) is 0 Å². The largest absolute Gasteiger partial charge is 0.346 e. The number of hydrogen-bond donors (Lipinski definition) is 1. The van der Waals surface area contributed by atoms with Gasteiger partial charge in [0.05, 0.1) is 23.9 Å². The number of amides is 1. The Labute approximate surface area is 144 Å². The number of carbonyl (C=O) groups is 1. The average molecular weight is 341 g/mol. The summed E-state index contributed by atoms with van der Waals surface area (Å²) in [6.07, 6.45) is 5.65. The Morgan fingerprint density at radius 1 is 1.33 bits per heavy atom. The van der Waals surface area contributed by atoms with Gasteiger partial charge >= 0.3 is 0 Å². The van der Waals surface area contributed by atoms with Crippen LogP contribution in [0, 0.1) is 0 Å². The van der Waals surface area contributed by atoms with Gasteiger partial charge in [0.25, 0.3) is 0 Å². The lowest BCUT2D eigenvalue weighted by atomic mass is 10.2. The Balaban J connectivity index is 1.62. The zero-order chi connectivity index (χ0) is 16.9. The van der Waals surface area contributed by atoms with Crippen molar-refractivity contribution in [3.05, 3.63) is 53.7 Å². The second kappa shape index (κ2) is 7.35. The lowest BCUT2D eigenvalue weighted by Gasteiger charge is -2.14. The monoisotopic (exact) mass is 341 g/mol. The van der Waals surface area contributed by atoms with Gasteiger partial charge < -0.3 is 9.88 Å². The molecule has 3 aromatic heterocycles. The molecule has 124 valence electrons. The fourth-order valence-electron chi connectivity index (χ4n) is 2.49. The van der Waals surface area contributed by atoms with Crippen LogP contribution in [-0.4, -0.2) is 25.4 Å². The smallest absolute Gasteiger partial charge is 0.226 e. The maximum atomic E-state index is 12.3. The summed E-state index contributed by atoms with van der Waals surface area (Å²) in [4.78, 5) is 25.4. The lowest BCUT2D eigenvalue weighted by molar-refractivity contribution is -0.121. The molecule has 3 rings (SSSR count). The number of aromatic nitrogens is 4. The van der Waals surface area contributed by atoms with Crippen LogP contribution >= 0.6 is 11.3 Å². The third-order valence-electron chi connectivity index (χ3n) is 3.63. The molecule has 0 aliphatic rings. The molecule has 0 fully saturated rings. The van der Waals surface area contributed by atoms with Crippen LogP contribution in [0.25, 0.3) is 10.7 Å². The number of hydrogen-bond acceptors (Lipinski definition) is 5. The number of rotatable bonds is 6. The van der Waals surface area contributed by atoms with Crippen molar-refractivity contribution < 1.29 is 4.79 Å². The molecule has 3 heterocycles. The first-order valence-electron chi connectivity index (χ1n) is 7.83. The predicted molar refractivity (Wildman–Crippen MR) is 93.5 cm³/mol. The summed E-state index contributed by atoms with van der Waals surface area (Å²) in [6.45, 7) is 4.82. The standard InChI is InChI=1S/C17H19N5OS/c1-3-22-9-8-19-16(22)12(2)20-15(23)10-13-11-24-17(21-13)14-6-4-5-7-18-14/h4-9,11-12H,3,10H2,1-2H3,(H,20,23)/t12-/m0/s1. The van der Waals surface area contributed by atoms with E-state index in [1.54, 1.807) is 12.4 Å². The Morgan fingerprint density at radius 3 is 2.96 bits per heavy atom. The second-order valence-corrected chi connectivity index (χ2v) is 6.25. The first kappa shape index (κ1) is 16.3. The van der Waals surface area contributed by atoms with Crippen molar-refractivity contribution in [2.24, 2.45) is 0 Å². The van der Waals surface area contributed by atoms with E-state index in [1.807, 2.05) is 48.2 Å². The van der Waals surface area contributed by atoms with Gasteiger partial charge in [0.15, 0.2) is 0 Å². The molecule has 0 spiro atoms. The Kier molecular flexibility index (Phi) is 5.00. The lowest BCUT2D eigenvalue weighted by Crippen LogP contribution is -2.30. The van der Waals surface area contributed by atoms with E-state index in [-0.39, 0.29) is 18.4 Å². The van der Waals surface area contributed by atoms with Gasteiger partial charge in [-0.05, 0) is 26.0 Å². The van der Waals surface area contributed by atoms with E-state index in [0.29, 0.717) is 0 Å². The van der Waals surface area contributed by atoms with Crippen LogP contribution in [0.3, 0.4) is 0 Å². The van der Waals surface area contributed by atoms with Gasteiger partial charge in [0.1, 0.15) is 10.8 Å². The Bertz CT molecular complexity index is 811. The highest BCUT2D eigenvalue weighted by atomic mass is 32.1. The summed E-state index contributed by atoms with van der Waals surface area (Å²) in [7, 11) is 0. The molecule has 0 aromatic carbocycles. The van der Waals surface area contributed by atoms with Gasteiger partial charge in [-0.1, -0.05) is 6.07 Å². The third-order valence-corrected chi connectivity index (χ3v) is 4.54. The first-order valence-corrected chi connectivity index (χ1v) is 8.71. The summed E-state index contributed by atoms with van der Waals surface area (Å²) >= 11 is 1.50. The van der Waals surface area contributed by atoms with Crippen LogP contribution in [0.2, 0.25) is 0 Å². The van der Waals surface area contributed by atoms with Gasteiger partial charge in [0.2, 0.25) is 5.91 Å². The minimum Gasteiger partial charge on any atom is -0.346 e. The number of nitrogens with zero attached hydrogens (tertiary/aromatic N) is 4. The molecule has 7 heteroatoms. The van der Waals surface area contributed by atoms with Gasteiger partial charge in [-0.3, -0.25) is 9.78 Å². The van der Waals surface area contributed by atoms with Crippen molar-refractivity contribution in [1.29, 1.82) is 0 Å². The molecule has 0 aliphatic carbocycles. The topological polar surface area (TPSA) is 72.7 Å². The molecule has 0 radical (unpaired) electrons. The van der Waals surface area contributed by atoms with Gasteiger partial charge in [0, 0.05) is 30.5 Å². The number of carbonyl (C=O) groups excluding carboxylic acids is 1. The maximum Gasteiger partial charge on any atom is 0.226 e. The summed E-state index contributed by atoms with van der Waals surface area (Å²) in [5.74, 6) is 0.796. The van der Waals surface area contributed by atoms with Crippen molar-refractivity contribution in [2.45, 2.75) is 32.9 Å². The van der Waals surface area contributed by atoms with E-state index in [0.717, 1.165) is 28.8 Å². The first-order chi connectivity index (χ1) is 11.7. The van der Waals surface area contributed by atoms with Crippen LogP contribution in [-0.2, 0) is 17.8 Å². The van der Waals surface area contributed by atoms with E-state index in [2.05, 4.69) is 20.3 Å². The molecule has 24 heavy (non-hydrogen) atoms. The van der Waals surface area contributed by atoms with Crippen LogP contribution in [0.15, 0.2) is 42.2 Å². The molecule has 6 nitrogen and oxygen atoms in total. The third kappa shape index (κ3) is 3.68. The van der Waals surface area contributed by atoms with Crippen LogP contribution in [0.1, 0.15) is 31.4 Å². The Hall–Kier alpha value is -2.54. The fourth-order valence-corrected chi connectivity index (χ4v) is 3.28. The molecule has 0 unspecified atom stereocenters. The SMILES string of the molecule is CCn1ccnc1[C@H](C)NC(=O)Cc1csc(-c2ccccn2)n1. The van der Waals surface area contributed by atoms with E-state index in [1.165, 1.54) is 11.3 Å². The molecule has 3 aromatic rings. The molecular formula is C17H19N5OS. The molecule has 0 saturated heterocycles. The highest BCUT2D eigenvalue weighted by Gasteiger charge is 2.15. The zero-order valence-corrected chi connectivity index (χ0v) is 14.5. The minimum absolute atomic E-state index is 0.0639. The molecule has 1 amide bonds. The quantitative estimate of drug-likeness (QED) is 0.748. The second-order valence-electron chi connectivity index (χ2n) is 5.40. The van der Waals surface area contributed by atoms with Crippen LogP contribution in [0.5, 0.6) is 0 Å². The van der Waals surface area contributed by atoms with Gasteiger partial charge in [-0.25, -0.2) is 9.97 Å².